The van der Waals surface area contributed by atoms with Gasteiger partial charge in [0.05, 0.1) is 0 Å². The Morgan fingerprint density at radius 2 is 2.12 bits per heavy atom. The van der Waals surface area contributed by atoms with E-state index in [2.05, 4.69) is 12.2 Å². The number of ether oxygens (including phenoxy) is 1. The van der Waals surface area contributed by atoms with Gasteiger partial charge in [0.25, 0.3) is 0 Å². The summed E-state index contributed by atoms with van der Waals surface area (Å²) in [6.45, 7) is 4.23. The fraction of sp³-hybridized carbons (Fsp3) is 0.571. The molecule has 0 radical (unpaired) electrons. The van der Waals surface area contributed by atoms with E-state index in [1.165, 1.54) is 6.42 Å². The van der Waals surface area contributed by atoms with Crippen LogP contribution in [0.15, 0.2) is 30.3 Å². The molecule has 3 atom stereocenters. The van der Waals surface area contributed by atoms with Crippen LogP contribution in [0, 0.1) is 11.8 Å². The zero-order valence-electron chi connectivity index (χ0n) is 10.3. The first-order valence-electron chi connectivity index (χ1n) is 6.32. The minimum Gasteiger partial charge on any atom is -0.491 e. The fourth-order valence-corrected chi connectivity index (χ4v) is 1.89. The van der Waals surface area contributed by atoms with Gasteiger partial charge >= 0.3 is 0 Å². The number of benzene rings is 1. The molecule has 1 aliphatic rings. The number of aliphatic hydroxyl groups is 1. The smallest absolute Gasteiger partial charge is 0.119 e. The summed E-state index contributed by atoms with van der Waals surface area (Å²) in [7, 11) is 0. The summed E-state index contributed by atoms with van der Waals surface area (Å²) in [5.74, 6) is 2.49. The van der Waals surface area contributed by atoms with Gasteiger partial charge in [0.15, 0.2) is 0 Å². The van der Waals surface area contributed by atoms with Gasteiger partial charge in [-0.25, -0.2) is 0 Å². The van der Waals surface area contributed by atoms with Crippen molar-refractivity contribution in [3.63, 3.8) is 0 Å². The van der Waals surface area contributed by atoms with Gasteiger partial charge in [-0.05, 0) is 36.9 Å². The molecule has 0 bridgehead atoms. The van der Waals surface area contributed by atoms with E-state index in [9.17, 15) is 5.11 Å². The molecule has 2 N–H and O–H groups in total. The molecule has 1 aromatic carbocycles. The molecule has 1 saturated carbocycles. The first-order valence-corrected chi connectivity index (χ1v) is 6.32. The number of aliphatic hydroxyl groups excluding tert-OH is 1. The van der Waals surface area contributed by atoms with E-state index in [0.29, 0.717) is 13.2 Å². The van der Waals surface area contributed by atoms with E-state index < -0.39 is 6.10 Å². The van der Waals surface area contributed by atoms with Crippen molar-refractivity contribution in [1.82, 2.24) is 5.32 Å². The second kappa shape index (κ2) is 6.03. The number of hydrogen-bond donors (Lipinski definition) is 2. The number of rotatable bonds is 7. The zero-order chi connectivity index (χ0) is 12.1. The van der Waals surface area contributed by atoms with E-state index in [1.54, 1.807) is 0 Å². The van der Waals surface area contributed by atoms with Gasteiger partial charge in [-0.15, -0.1) is 0 Å². The van der Waals surface area contributed by atoms with Gasteiger partial charge in [0.1, 0.15) is 18.5 Å². The molecule has 0 aromatic heterocycles. The molecule has 94 valence electrons. The zero-order valence-corrected chi connectivity index (χ0v) is 10.3. The van der Waals surface area contributed by atoms with Crippen molar-refractivity contribution in [1.29, 1.82) is 0 Å². The molecule has 3 nitrogen and oxygen atoms in total. The Labute approximate surface area is 103 Å². The summed E-state index contributed by atoms with van der Waals surface area (Å²) in [5.41, 5.74) is 0. The van der Waals surface area contributed by atoms with Crippen molar-refractivity contribution in [3.8, 4) is 5.75 Å². The van der Waals surface area contributed by atoms with Crippen LogP contribution in [-0.2, 0) is 0 Å². The van der Waals surface area contributed by atoms with Crippen molar-refractivity contribution in [2.24, 2.45) is 11.8 Å². The summed E-state index contributed by atoms with van der Waals surface area (Å²) in [5, 5.41) is 13.0. The van der Waals surface area contributed by atoms with Gasteiger partial charge in [0, 0.05) is 6.54 Å². The SMILES string of the molecule is CC1CC1CNCC(O)COc1ccccc1. The molecule has 0 saturated heterocycles. The van der Waals surface area contributed by atoms with Crippen LogP contribution in [0.3, 0.4) is 0 Å². The van der Waals surface area contributed by atoms with Crippen LogP contribution < -0.4 is 10.1 Å². The highest BCUT2D eigenvalue weighted by molar-refractivity contribution is 5.20. The van der Waals surface area contributed by atoms with Crippen molar-refractivity contribution in [2.75, 3.05) is 19.7 Å². The van der Waals surface area contributed by atoms with Crippen LogP contribution in [0.5, 0.6) is 5.75 Å². The maximum absolute atomic E-state index is 9.72. The largest absolute Gasteiger partial charge is 0.491 e. The van der Waals surface area contributed by atoms with Gasteiger partial charge < -0.3 is 15.2 Å². The lowest BCUT2D eigenvalue weighted by atomic mass is 10.3. The molecule has 17 heavy (non-hydrogen) atoms. The summed E-state index contributed by atoms with van der Waals surface area (Å²) >= 11 is 0. The molecule has 0 amide bonds. The van der Waals surface area contributed by atoms with Crippen LogP contribution in [0.2, 0.25) is 0 Å². The third-order valence-corrected chi connectivity index (χ3v) is 3.25. The van der Waals surface area contributed by atoms with Crippen LogP contribution in [0.25, 0.3) is 0 Å². The molecule has 1 aromatic rings. The summed E-state index contributed by atoms with van der Waals surface area (Å²) in [4.78, 5) is 0. The normalized spacial score (nSPS) is 24.4. The fourth-order valence-electron chi connectivity index (χ4n) is 1.89. The molecule has 2 rings (SSSR count). The van der Waals surface area contributed by atoms with Crippen LogP contribution >= 0.6 is 0 Å². The first kappa shape index (κ1) is 12.4. The molecule has 3 heteroatoms. The summed E-state index contributed by atoms with van der Waals surface area (Å²) in [6.07, 6.45) is 0.883. The molecule has 0 heterocycles. The van der Waals surface area contributed by atoms with E-state index in [-0.39, 0.29) is 0 Å². The van der Waals surface area contributed by atoms with E-state index in [0.717, 1.165) is 24.1 Å². The number of hydrogen-bond acceptors (Lipinski definition) is 3. The standard InChI is InChI=1S/C14H21NO2/c1-11-7-12(11)8-15-9-13(16)10-17-14-5-3-2-4-6-14/h2-6,11-13,15-16H,7-10H2,1H3. The Bertz CT molecular complexity index is 328. The minimum atomic E-state index is -0.440. The second-order valence-electron chi connectivity index (χ2n) is 4.91. The van der Waals surface area contributed by atoms with E-state index in [4.69, 9.17) is 4.74 Å². The van der Waals surface area contributed by atoms with Gasteiger partial charge in [-0.1, -0.05) is 25.1 Å². The van der Waals surface area contributed by atoms with E-state index in [1.807, 2.05) is 30.3 Å². The predicted molar refractivity (Wildman–Crippen MR) is 68.1 cm³/mol. The minimum absolute atomic E-state index is 0.344. The highest BCUT2D eigenvalue weighted by atomic mass is 16.5. The monoisotopic (exact) mass is 235 g/mol. The maximum atomic E-state index is 9.72. The molecule has 0 aliphatic heterocycles. The van der Waals surface area contributed by atoms with E-state index >= 15 is 0 Å². The van der Waals surface area contributed by atoms with Crippen molar-refractivity contribution >= 4 is 0 Å². The predicted octanol–water partition coefficient (Wildman–Crippen LogP) is 1.67. The van der Waals surface area contributed by atoms with Crippen LogP contribution in [-0.4, -0.2) is 30.9 Å². The average Bonchev–Trinajstić information content (AvgIpc) is 3.04. The van der Waals surface area contributed by atoms with Gasteiger partial charge in [-0.2, -0.15) is 0 Å². The lowest BCUT2D eigenvalue weighted by Crippen LogP contribution is -2.32. The topological polar surface area (TPSA) is 41.5 Å². The lowest BCUT2D eigenvalue weighted by Gasteiger charge is -2.13. The second-order valence-corrected chi connectivity index (χ2v) is 4.91. The molecule has 1 fully saturated rings. The summed E-state index contributed by atoms with van der Waals surface area (Å²) in [6, 6.07) is 9.59. The number of nitrogens with one attached hydrogen (secondary N) is 1. The molecule has 3 unspecified atom stereocenters. The molecule has 1 aliphatic carbocycles. The Morgan fingerprint density at radius 3 is 2.76 bits per heavy atom. The average molecular weight is 235 g/mol. The van der Waals surface area contributed by atoms with Crippen molar-refractivity contribution in [2.45, 2.75) is 19.4 Å². The van der Waals surface area contributed by atoms with Gasteiger partial charge in [-0.3, -0.25) is 0 Å². The van der Waals surface area contributed by atoms with Gasteiger partial charge in [0.2, 0.25) is 0 Å². The van der Waals surface area contributed by atoms with Crippen LogP contribution in [0.4, 0.5) is 0 Å². The van der Waals surface area contributed by atoms with Crippen molar-refractivity contribution in [3.05, 3.63) is 30.3 Å². The highest BCUT2D eigenvalue weighted by Crippen LogP contribution is 2.36. The third-order valence-electron chi connectivity index (χ3n) is 3.25. The Hall–Kier alpha value is -1.06. The Morgan fingerprint density at radius 1 is 1.41 bits per heavy atom. The summed E-state index contributed by atoms with van der Waals surface area (Å²) < 4.78 is 5.47. The molecule has 0 spiro atoms. The number of para-hydroxylation sites is 1. The first-order chi connectivity index (χ1) is 8.25. The Kier molecular flexibility index (Phi) is 4.40. The Balaban J connectivity index is 1.56. The molecular weight excluding hydrogens is 214 g/mol. The van der Waals surface area contributed by atoms with Crippen molar-refractivity contribution < 1.29 is 9.84 Å². The third kappa shape index (κ3) is 4.36. The maximum Gasteiger partial charge on any atom is 0.119 e. The highest BCUT2D eigenvalue weighted by Gasteiger charge is 2.31. The van der Waals surface area contributed by atoms with Crippen LogP contribution in [0.1, 0.15) is 13.3 Å². The quantitative estimate of drug-likeness (QED) is 0.755. The lowest BCUT2D eigenvalue weighted by molar-refractivity contribution is 0.106. The molecular formula is C14H21NO2.